The molecule has 3 heterocycles. The van der Waals surface area contributed by atoms with Gasteiger partial charge in [0.15, 0.2) is 17.5 Å². The van der Waals surface area contributed by atoms with Crippen LogP contribution in [0.1, 0.15) is 18.4 Å². The van der Waals surface area contributed by atoms with E-state index in [1.807, 2.05) is 79.9 Å². The molecule has 0 bridgehead atoms. The second-order valence-corrected chi connectivity index (χ2v) is 12.1. The van der Waals surface area contributed by atoms with Crippen molar-refractivity contribution in [1.82, 2.24) is 19.9 Å². The van der Waals surface area contributed by atoms with E-state index >= 15 is 0 Å². The van der Waals surface area contributed by atoms with Gasteiger partial charge in [0.1, 0.15) is 17.5 Å². The molecule has 0 fully saturated rings. The lowest BCUT2D eigenvalue weighted by molar-refractivity contribution is 0.271. The number of fused-ring (bicyclic) bond motifs is 4. The molecule has 0 amide bonds. The first kappa shape index (κ1) is 28.1. The Hall–Kier alpha value is -6.20. The number of aromatic nitrogens is 4. The zero-order chi connectivity index (χ0) is 32.2. The van der Waals surface area contributed by atoms with Crippen LogP contribution in [0, 0.1) is 0 Å². The molecule has 2 atom stereocenters. The molecule has 5 heteroatoms. The largest absolute Gasteiger partial charge is 0.484 e. The highest BCUT2D eigenvalue weighted by molar-refractivity contribution is 6.18. The van der Waals surface area contributed by atoms with Crippen LogP contribution in [-0.2, 0) is 0 Å². The second kappa shape index (κ2) is 11.2. The molecule has 5 nitrogen and oxygen atoms in total. The second-order valence-electron chi connectivity index (χ2n) is 12.1. The summed E-state index contributed by atoms with van der Waals surface area (Å²) in [6.07, 6.45) is 7.75. The van der Waals surface area contributed by atoms with Crippen molar-refractivity contribution in [3.8, 4) is 73.4 Å². The minimum absolute atomic E-state index is 0.122. The predicted molar refractivity (Wildman–Crippen MR) is 193 cm³/mol. The molecule has 2 unspecified atom stereocenters. The SMILES string of the molecule is C=CC1Oc2c(-c3ccc4c5c(cccc35)-c3ccccc3-4)cnc(-c3nc(-c4ccccc4)nc(-c4ccccc4)n3)c2C1/C=C\C. The minimum Gasteiger partial charge on any atom is -0.484 e. The molecule has 9 rings (SSSR count). The maximum absolute atomic E-state index is 6.81. The molecule has 1 aliphatic heterocycles. The van der Waals surface area contributed by atoms with Crippen LogP contribution >= 0.6 is 0 Å². The Morgan fingerprint density at radius 3 is 1.83 bits per heavy atom. The molecule has 7 aromatic rings. The van der Waals surface area contributed by atoms with Gasteiger partial charge in [-0.2, -0.15) is 0 Å². The Bertz CT molecular complexity index is 2330. The average Bonchev–Trinajstić information content (AvgIpc) is 3.69. The summed E-state index contributed by atoms with van der Waals surface area (Å²) >= 11 is 0. The van der Waals surface area contributed by atoms with Gasteiger partial charge in [-0.25, -0.2) is 15.0 Å². The van der Waals surface area contributed by atoms with E-state index < -0.39 is 0 Å². The van der Waals surface area contributed by atoms with Crippen molar-refractivity contribution in [3.05, 3.63) is 152 Å². The van der Waals surface area contributed by atoms with Crippen molar-refractivity contribution in [2.24, 2.45) is 0 Å². The predicted octanol–water partition coefficient (Wildman–Crippen LogP) is 10.3. The number of hydrogen-bond donors (Lipinski definition) is 0. The normalized spacial score (nSPS) is 15.8. The third kappa shape index (κ3) is 4.32. The van der Waals surface area contributed by atoms with Crippen LogP contribution in [0.5, 0.6) is 5.75 Å². The molecule has 0 saturated heterocycles. The highest BCUT2D eigenvalue weighted by atomic mass is 16.5. The van der Waals surface area contributed by atoms with E-state index in [0.29, 0.717) is 23.2 Å². The molecule has 228 valence electrons. The first-order valence-electron chi connectivity index (χ1n) is 16.2. The molecular weight excluding hydrogens is 589 g/mol. The van der Waals surface area contributed by atoms with Gasteiger partial charge in [0.25, 0.3) is 0 Å². The Morgan fingerprint density at radius 1 is 0.604 bits per heavy atom. The van der Waals surface area contributed by atoms with Crippen LogP contribution in [0.4, 0.5) is 0 Å². The Labute approximate surface area is 279 Å². The summed E-state index contributed by atoms with van der Waals surface area (Å²) in [4.78, 5) is 20.2. The highest BCUT2D eigenvalue weighted by Gasteiger charge is 2.38. The summed E-state index contributed by atoms with van der Waals surface area (Å²) in [7, 11) is 0. The van der Waals surface area contributed by atoms with E-state index in [1.54, 1.807) is 0 Å². The third-order valence-corrected chi connectivity index (χ3v) is 9.39. The summed E-state index contributed by atoms with van der Waals surface area (Å²) in [5, 5.41) is 2.43. The highest BCUT2D eigenvalue weighted by Crippen LogP contribution is 2.53. The van der Waals surface area contributed by atoms with Crippen LogP contribution < -0.4 is 4.74 Å². The molecule has 0 N–H and O–H groups in total. The monoisotopic (exact) mass is 618 g/mol. The van der Waals surface area contributed by atoms with Gasteiger partial charge >= 0.3 is 0 Å². The molecule has 1 aliphatic carbocycles. The van der Waals surface area contributed by atoms with Crippen molar-refractivity contribution in [1.29, 1.82) is 0 Å². The zero-order valence-electron chi connectivity index (χ0n) is 26.3. The summed E-state index contributed by atoms with van der Waals surface area (Å²) in [6.45, 7) is 6.18. The number of allylic oxidation sites excluding steroid dienone is 1. The van der Waals surface area contributed by atoms with Crippen LogP contribution in [-0.4, -0.2) is 26.0 Å². The number of pyridine rings is 1. The summed E-state index contributed by atoms with van der Waals surface area (Å²) in [5.41, 5.74) is 10.5. The Balaban J connectivity index is 1.29. The number of hydrogen-bond acceptors (Lipinski definition) is 5. The first-order chi connectivity index (χ1) is 23.7. The lowest BCUT2D eigenvalue weighted by atomic mass is 9.89. The van der Waals surface area contributed by atoms with Gasteiger partial charge in [0, 0.05) is 34.4 Å². The number of nitrogens with zero attached hydrogens (tertiary/aromatic N) is 4. The van der Waals surface area contributed by atoms with Crippen molar-refractivity contribution < 1.29 is 4.74 Å². The van der Waals surface area contributed by atoms with E-state index in [-0.39, 0.29) is 12.0 Å². The van der Waals surface area contributed by atoms with Crippen molar-refractivity contribution >= 4 is 10.8 Å². The smallest absolute Gasteiger partial charge is 0.182 e. The summed E-state index contributed by atoms with van der Waals surface area (Å²) in [5.74, 6) is 2.35. The van der Waals surface area contributed by atoms with Crippen molar-refractivity contribution in [3.63, 3.8) is 0 Å². The number of rotatable bonds is 6. The molecule has 48 heavy (non-hydrogen) atoms. The van der Waals surface area contributed by atoms with E-state index in [1.165, 1.54) is 33.0 Å². The summed E-state index contributed by atoms with van der Waals surface area (Å²) in [6, 6.07) is 39.7. The van der Waals surface area contributed by atoms with Crippen LogP contribution in [0.25, 0.3) is 78.4 Å². The van der Waals surface area contributed by atoms with E-state index in [9.17, 15) is 0 Å². The maximum atomic E-state index is 6.81. The maximum Gasteiger partial charge on any atom is 0.182 e. The average molecular weight is 619 g/mol. The Kier molecular flexibility index (Phi) is 6.57. The standard InChI is InChI=1S/C43H30N4O/c1-3-14-34-36(4-2)48-40-35(30-23-24-33-29-20-12-11-19-28(29)31-21-13-22-32(30)37(31)33)25-44-39(38(34)40)43-46-41(26-15-7-5-8-16-26)45-42(47-43)27-17-9-6-10-18-27/h3-25,34,36H,2H2,1H3/b14-3-. The van der Waals surface area contributed by atoms with Gasteiger partial charge in [0.2, 0.25) is 0 Å². The van der Waals surface area contributed by atoms with Gasteiger partial charge in [-0.3, -0.25) is 4.98 Å². The third-order valence-electron chi connectivity index (χ3n) is 9.39. The van der Waals surface area contributed by atoms with Crippen LogP contribution in [0.2, 0.25) is 0 Å². The van der Waals surface area contributed by atoms with Crippen LogP contribution in [0.15, 0.2) is 146 Å². The van der Waals surface area contributed by atoms with Crippen molar-refractivity contribution in [2.45, 2.75) is 18.9 Å². The molecule has 0 spiro atoms. The van der Waals surface area contributed by atoms with E-state index in [2.05, 4.69) is 73.3 Å². The fourth-order valence-electron chi connectivity index (χ4n) is 7.26. The van der Waals surface area contributed by atoms with Gasteiger partial charge in [-0.1, -0.05) is 140 Å². The van der Waals surface area contributed by atoms with Gasteiger partial charge in [0.05, 0.1) is 0 Å². The summed E-state index contributed by atoms with van der Waals surface area (Å²) < 4.78 is 6.81. The quantitative estimate of drug-likeness (QED) is 0.174. The van der Waals surface area contributed by atoms with Gasteiger partial charge in [-0.05, 0) is 45.5 Å². The first-order valence-corrected chi connectivity index (χ1v) is 16.2. The van der Waals surface area contributed by atoms with E-state index in [4.69, 9.17) is 24.7 Å². The Morgan fingerprint density at radius 2 is 1.19 bits per heavy atom. The topological polar surface area (TPSA) is 60.8 Å². The fraction of sp³-hybridized carbons (Fsp3) is 0.0698. The number of benzene rings is 5. The van der Waals surface area contributed by atoms with Crippen molar-refractivity contribution in [2.75, 3.05) is 0 Å². The molecule has 0 saturated carbocycles. The number of ether oxygens (including phenoxy) is 1. The molecular formula is C43H30N4O. The lowest BCUT2D eigenvalue weighted by Crippen LogP contribution is -2.14. The molecule has 2 aliphatic rings. The van der Waals surface area contributed by atoms with Gasteiger partial charge in [-0.15, -0.1) is 0 Å². The van der Waals surface area contributed by atoms with Crippen LogP contribution in [0.3, 0.4) is 0 Å². The lowest BCUT2D eigenvalue weighted by Gasteiger charge is -2.15. The minimum atomic E-state index is -0.275. The molecule has 5 aromatic carbocycles. The van der Waals surface area contributed by atoms with Gasteiger partial charge < -0.3 is 4.74 Å². The fourth-order valence-corrected chi connectivity index (χ4v) is 7.26. The molecule has 0 radical (unpaired) electrons. The van der Waals surface area contributed by atoms with E-state index in [0.717, 1.165) is 33.6 Å². The molecule has 2 aromatic heterocycles. The zero-order valence-corrected chi connectivity index (χ0v) is 26.3.